The molecule has 1 aliphatic rings. The number of nitrogens with one attached hydrogen (secondary N) is 1. The molecular weight excluding hydrogens is 284 g/mol. The van der Waals surface area contributed by atoms with Crippen LogP contribution in [-0.4, -0.2) is 19.6 Å². The third kappa shape index (κ3) is 3.85. The van der Waals surface area contributed by atoms with E-state index in [0.717, 1.165) is 18.4 Å². The van der Waals surface area contributed by atoms with Crippen LogP contribution in [0.5, 0.6) is 0 Å². The van der Waals surface area contributed by atoms with Crippen molar-refractivity contribution in [3.8, 4) is 0 Å². The van der Waals surface area contributed by atoms with Gasteiger partial charge in [-0.25, -0.2) is 8.78 Å². The number of halogens is 2. The molecule has 0 saturated heterocycles. The highest BCUT2D eigenvalue weighted by Gasteiger charge is 2.17. The summed E-state index contributed by atoms with van der Waals surface area (Å²) in [6, 6.07) is 3.97. The molecule has 0 aromatic heterocycles. The van der Waals surface area contributed by atoms with Crippen LogP contribution < -0.4 is 5.32 Å². The maximum Gasteiger partial charge on any atom is 0.135 e. The molecule has 1 N–H and O–H groups in total. The minimum atomic E-state index is -0.645. The predicted octanol–water partition coefficient (Wildman–Crippen LogP) is 4.33. The van der Waals surface area contributed by atoms with E-state index in [-0.39, 0.29) is 23.2 Å². The van der Waals surface area contributed by atoms with Crippen LogP contribution >= 0.6 is 0 Å². The lowest BCUT2D eigenvalue weighted by Crippen LogP contribution is -2.28. The summed E-state index contributed by atoms with van der Waals surface area (Å²) in [5.74, 6) is -1.07. The first-order valence-corrected chi connectivity index (χ1v) is 7.42. The molecule has 1 heterocycles. The molecule has 1 aromatic carbocycles. The zero-order valence-corrected chi connectivity index (χ0v) is 12.9. The number of benzene rings is 1. The third-order valence-electron chi connectivity index (χ3n) is 4.01. The highest BCUT2D eigenvalue weighted by molar-refractivity contribution is 5.67. The van der Waals surface area contributed by atoms with E-state index in [2.05, 4.69) is 29.0 Å². The van der Waals surface area contributed by atoms with Crippen LogP contribution in [0.25, 0.3) is 5.70 Å². The average Bonchev–Trinajstić information content (AvgIpc) is 2.49. The van der Waals surface area contributed by atoms with E-state index in [1.54, 1.807) is 6.08 Å². The van der Waals surface area contributed by atoms with Crippen LogP contribution in [0.15, 0.2) is 46.7 Å². The number of azo groups is 1. The fraction of sp³-hybridized carbons (Fsp3) is 0.412. The summed E-state index contributed by atoms with van der Waals surface area (Å²) in [7, 11) is 1.87. The molecule has 3 nitrogen and oxygen atoms in total. The smallest absolute Gasteiger partial charge is 0.135 e. The number of hydrogen-bond acceptors (Lipinski definition) is 3. The topological polar surface area (TPSA) is 36.8 Å². The second-order valence-electron chi connectivity index (χ2n) is 5.59. The van der Waals surface area contributed by atoms with Gasteiger partial charge < -0.3 is 5.32 Å². The van der Waals surface area contributed by atoms with Gasteiger partial charge in [-0.3, -0.25) is 0 Å². The molecule has 22 heavy (non-hydrogen) atoms. The fourth-order valence-electron chi connectivity index (χ4n) is 2.39. The third-order valence-corrected chi connectivity index (χ3v) is 4.01. The van der Waals surface area contributed by atoms with E-state index in [4.69, 9.17) is 0 Å². The Morgan fingerprint density at radius 2 is 1.91 bits per heavy atom. The van der Waals surface area contributed by atoms with Gasteiger partial charge in [-0.15, -0.1) is 0 Å². The van der Waals surface area contributed by atoms with Crippen LogP contribution in [-0.2, 0) is 0 Å². The SMILES string of the molecule is C=C1/C=C(c2c(F)cccc2F)\N=N/CC(NC)CC[C@@H]1C. The zero-order chi connectivity index (χ0) is 16.1. The summed E-state index contributed by atoms with van der Waals surface area (Å²) in [6.45, 7) is 6.54. The minimum Gasteiger partial charge on any atom is -0.315 e. The lowest BCUT2D eigenvalue weighted by atomic mass is 9.93. The normalized spacial score (nSPS) is 27.1. The Balaban J connectivity index is 2.44. The molecule has 118 valence electrons. The van der Waals surface area contributed by atoms with Crippen molar-refractivity contribution >= 4 is 5.70 Å². The summed E-state index contributed by atoms with van der Waals surface area (Å²) in [5.41, 5.74) is 0.832. The summed E-state index contributed by atoms with van der Waals surface area (Å²) < 4.78 is 28.0. The maximum absolute atomic E-state index is 14.0. The van der Waals surface area contributed by atoms with Gasteiger partial charge in [0, 0.05) is 6.04 Å². The van der Waals surface area contributed by atoms with Crippen molar-refractivity contribution < 1.29 is 8.78 Å². The Morgan fingerprint density at radius 3 is 2.55 bits per heavy atom. The van der Waals surface area contributed by atoms with Gasteiger partial charge in [-0.05, 0) is 44.0 Å². The molecule has 0 radical (unpaired) electrons. The monoisotopic (exact) mass is 305 g/mol. The zero-order valence-electron chi connectivity index (χ0n) is 12.9. The van der Waals surface area contributed by atoms with Crippen molar-refractivity contribution in [3.63, 3.8) is 0 Å². The van der Waals surface area contributed by atoms with Crippen molar-refractivity contribution in [1.29, 1.82) is 0 Å². The largest absolute Gasteiger partial charge is 0.315 e. The van der Waals surface area contributed by atoms with Crippen molar-refractivity contribution in [2.24, 2.45) is 16.1 Å². The van der Waals surface area contributed by atoms with E-state index >= 15 is 0 Å². The van der Waals surface area contributed by atoms with Crippen LogP contribution in [0.2, 0.25) is 0 Å². The van der Waals surface area contributed by atoms with Gasteiger partial charge in [0.05, 0.1) is 17.8 Å². The quantitative estimate of drug-likeness (QED) is 0.867. The Kier molecular flexibility index (Phi) is 5.55. The van der Waals surface area contributed by atoms with Gasteiger partial charge in [0.25, 0.3) is 0 Å². The summed E-state index contributed by atoms with van der Waals surface area (Å²) >= 11 is 0. The molecule has 0 aliphatic carbocycles. The van der Waals surface area contributed by atoms with Gasteiger partial charge in [-0.1, -0.05) is 25.1 Å². The van der Waals surface area contributed by atoms with Gasteiger partial charge in [0.2, 0.25) is 0 Å². The highest BCUT2D eigenvalue weighted by atomic mass is 19.1. The first kappa shape index (κ1) is 16.5. The van der Waals surface area contributed by atoms with Gasteiger partial charge in [0.15, 0.2) is 0 Å². The Morgan fingerprint density at radius 1 is 1.23 bits per heavy atom. The lowest BCUT2D eigenvalue weighted by molar-refractivity contribution is 0.467. The summed E-state index contributed by atoms with van der Waals surface area (Å²) in [6.07, 6.45) is 3.52. The molecular formula is C17H21F2N3. The molecule has 5 heteroatoms. The number of nitrogens with zero attached hydrogens (tertiary/aromatic N) is 2. The number of hydrogen-bond donors (Lipinski definition) is 1. The second kappa shape index (κ2) is 7.40. The van der Waals surface area contributed by atoms with E-state index in [0.29, 0.717) is 6.54 Å². The number of likely N-dealkylation sites (N-methyl/N-ethyl adjacent to an activating group) is 1. The van der Waals surface area contributed by atoms with Crippen molar-refractivity contribution in [2.75, 3.05) is 13.6 Å². The highest BCUT2D eigenvalue weighted by Crippen LogP contribution is 2.28. The molecule has 1 aromatic rings. The number of rotatable bonds is 2. The average molecular weight is 305 g/mol. The molecule has 0 saturated carbocycles. The molecule has 1 aliphatic heterocycles. The standard InChI is InChI=1S/C17H21F2N3/c1-11-7-8-13(20-3)10-21-22-16(9-12(11)2)17-14(18)5-4-6-15(17)19/h4-6,9,11,13,20H,2,7-8,10H2,1,3H3/b16-9-,22-21-/t11-,13?/m0/s1. The van der Waals surface area contributed by atoms with E-state index < -0.39 is 11.6 Å². The van der Waals surface area contributed by atoms with Crippen LogP contribution in [0.1, 0.15) is 25.3 Å². The second-order valence-corrected chi connectivity index (χ2v) is 5.59. The van der Waals surface area contributed by atoms with Gasteiger partial charge in [0.1, 0.15) is 11.6 Å². The lowest BCUT2D eigenvalue weighted by Gasteiger charge is -2.19. The Bertz CT molecular complexity index is 588. The van der Waals surface area contributed by atoms with Crippen molar-refractivity contribution in [2.45, 2.75) is 25.8 Å². The Labute approximate surface area is 129 Å². The van der Waals surface area contributed by atoms with Crippen molar-refractivity contribution in [1.82, 2.24) is 5.32 Å². The first-order valence-electron chi connectivity index (χ1n) is 7.42. The molecule has 2 atom stereocenters. The molecule has 0 amide bonds. The Hall–Kier alpha value is -1.88. The van der Waals surface area contributed by atoms with E-state index in [1.807, 2.05) is 7.05 Å². The molecule has 2 rings (SSSR count). The van der Waals surface area contributed by atoms with Crippen LogP contribution in [0.4, 0.5) is 8.78 Å². The van der Waals surface area contributed by atoms with Gasteiger partial charge in [-0.2, -0.15) is 10.2 Å². The number of allylic oxidation sites excluding steroid dienone is 2. The van der Waals surface area contributed by atoms with Crippen LogP contribution in [0, 0.1) is 17.6 Å². The minimum absolute atomic E-state index is 0.152. The summed E-state index contributed by atoms with van der Waals surface area (Å²) in [4.78, 5) is 0. The van der Waals surface area contributed by atoms with E-state index in [9.17, 15) is 8.78 Å². The first-order chi connectivity index (χ1) is 10.5. The summed E-state index contributed by atoms with van der Waals surface area (Å²) in [5, 5.41) is 11.4. The predicted molar refractivity (Wildman–Crippen MR) is 84.4 cm³/mol. The maximum atomic E-state index is 14.0. The molecule has 0 fully saturated rings. The van der Waals surface area contributed by atoms with Gasteiger partial charge >= 0.3 is 0 Å². The molecule has 1 unspecified atom stereocenters. The van der Waals surface area contributed by atoms with E-state index in [1.165, 1.54) is 18.2 Å². The van der Waals surface area contributed by atoms with Crippen molar-refractivity contribution in [3.05, 3.63) is 53.6 Å². The molecule has 0 spiro atoms. The fourth-order valence-corrected chi connectivity index (χ4v) is 2.39. The molecule has 0 bridgehead atoms. The van der Waals surface area contributed by atoms with Crippen LogP contribution in [0.3, 0.4) is 0 Å².